The van der Waals surface area contributed by atoms with Crippen LogP contribution in [-0.4, -0.2) is 0 Å². The quantitative estimate of drug-likeness (QED) is 0.687. The van der Waals surface area contributed by atoms with Crippen molar-refractivity contribution in [2.45, 2.75) is 5.66 Å². The van der Waals surface area contributed by atoms with Crippen LogP contribution in [0.15, 0.2) is 60.7 Å². The molecule has 0 radical (unpaired) electrons. The molecule has 0 saturated carbocycles. The van der Waals surface area contributed by atoms with E-state index in [-0.39, 0.29) is 19.8 Å². The zero-order valence-electron chi connectivity index (χ0n) is 8.28. The number of rotatable bonds is 2. The number of benzene rings is 2. The van der Waals surface area contributed by atoms with Crippen molar-refractivity contribution in [3.63, 3.8) is 0 Å². The van der Waals surface area contributed by atoms with Crippen molar-refractivity contribution in [3.8, 4) is 0 Å². The molecular formula is C13H13OsP. The van der Waals surface area contributed by atoms with Crippen LogP contribution in [-0.2, 0) is 19.8 Å². The van der Waals surface area contributed by atoms with Crippen molar-refractivity contribution in [2.24, 2.45) is 0 Å². The summed E-state index contributed by atoms with van der Waals surface area (Å²) in [5.74, 6) is 0. The smallest absolute Gasteiger partial charge is 0.0234 e. The van der Waals surface area contributed by atoms with E-state index in [1.54, 1.807) is 0 Å². The van der Waals surface area contributed by atoms with Crippen LogP contribution in [0.1, 0.15) is 16.8 Å². The Labute approximate surface area is 106 Å². The molecule has 0 aliphatic carbocycles. The van der Waals surface area contributed by atoms with Gasteiger partial charge in [-0.3, -0.25) is 0 Å². The maximum absolute atomic E-state index is 2.89. The van der Waals surface area contributed by atoms with Gasteiger partial charge < -0.3 is 0 Å². The first-order valence-electron chi connectivity index (χ1n) is 4.73. The van der Waals surface area contributed by atoms with Crippen molar-refractivity contribution in [1.29, 1.82) is 0 Å². The van der Waals surface area contributed by atoms with E-state index in [2.05, 4.69) is 57.8 Å². The molecular weight excluding hydrogens is 377 g/mol. The molecule has 1 atom stereocenters. The molecule has 0 aromatic heterocycles. The second-order valence-corrected chi connectivity index (χ2v) is 3.97. The summed E-state index contributed by atoms with van der Waals surface area (Å²) in [5, 5.41) is 0. The van der Waals surface area contributed by atoms with Gasteiger partial charge in [-0.15, -0.1) is 9.24 Å². The van der Waals surface area contributed by atoms with E-state index < -0.39 is 0 Å². The van der Waals surface area contributed by atoms with E-state index >= 15 is 0 Å². The van der Waals surface area contributed by atoms with E-state index in [0.717, 1.165) is 0 Å². The summed E-state index contributed by atoms with van der Waals surface area (Å²) in [4.78, 5) is 0. The van der Waals surface area contributed by atoms with E-state index in [1.807, 2.05) is 12.1 Å². The van der Waals surface area contributed by atoms with Crippen molar-refractivity contribution in [1.82, 2.24) is 0 Å². The fourth-order valence-electron chi connectivity index (χ4n) is 1.51. The zero-order valence-corrected chi connectivity index (χ0v) is 12.0. The first-order valence-corrected chi connectivity index (χ1v) is 5.40. The summed E-state index contributed by atoms with van der Waals surface area (Å²) in [6, 6.07) is 21.0. The molecule has 0 N–H and O–H groups in total. The minimum absolute atomic E-state index is 0. The van der Waals surface area contributed by atoms with Crippen LogP contribution in [0.3, 0.4) is 0 Å². The Kier molecular flexibility index (Phi) is 5.17. The topological polar surface area (TPSA) is 0 Å². The first-order chi connectivity index (χ1) is 6.88. The fourth-order valence-corrected chi connectivity index (χ4v) is 1.96. The summed E-state index contributed by atoms with van der Waals surface area (Å²) < 4.78 is 0. The Morgan fingerprint density at radius 2 is 1.00 bits per heavy atom. The fraction of sp³-hybridized carbons (Fsp3) is 0.0769. The van der Waals surface area contributed by atoms with Gasteiger partial charge in [0, 0.05) is 25.4 Å². The van der Waals surface area contributed by atoms with Crippen LogP contribution in [0.4, 0.5) is 0 Å². The molecule has 2 heteroatoms. The molecule has 15 heavy (non-hydrogen) atoms. The van der Waals surface area contributed by atoms with E-state index in [4.69, 9.17) is 0 Å². The summed E-state index contributed by atoms with van der Waals surface area (Å²) in [5.41, 5.74) is 3.07. The van der Waals surface area contributed by atoms with Gasteiger partial charge in [0.25, 0.3) is 0 Å². The normalized spacial score (nSPS) is 9.73. The maximum Gasteiger partial charge on any atom is 0.0234 e. The van der Waals surface area contributed by atoms with Gasteiger partial charge in [0.15, 0.2) is 0 Å². The summed E-state index contributed by atoms with van der Waals surface area (Å²) in [7, 11) is 2.89. The van der Waals surface area contributed by atoms with Crippen molar-refractivity contribution >= 4 is 9.24 Å². The van der Waals surface area contributed by atoms with E-state index in [9.17, 15) is 0 Å². The third kappa shape index (κ3) is 3.24. The van der Waals surface area contributed by atoms with Crippen LogP contribution in [0.2, 0.25) is 0 Å². The Morgan fingerprint density at radius 1 is 0.667 bits per heavy atom. The zero-order chi connectivity index (χ0) is 9.80. The van der Waals surface area contributed by atoms with Crippen molar-refractivity contribution in [2.75, 3.05) is 0 Å². The van der Waals surface area contributed by atoms with Gasteiger partial charge in [0.1, 0.15) is 0 Å². The molecule has 0 aliphatic rings. The van der Waals surface area contributed by atoms with Gasteiger partial charge in [-0.1, -0.05) is 60.7 Å². The number of hydrogen-bond acceptors (Lipinski definition) is 0. The van der Waals surface area contributed by atoms with Crippen LogP contribution in [0.25, 0.3) is 0 Å². The summed E-state index contributed by atoms with van der Waals surface area (Å²) in [6.45, 7) is 0. The van der Waals surface area contributed by atoms with E-state index in [1.165, 1.54) is 11.1 Å². The van der Waals surface area contributed by atoms with Crippen LogP contribution >= 0.6 is 9.24 Å². The molecule has 2 rings (SSSR count). The second kappa shape index (κ2) is 6.17. The molecule has 0 saturated heterocycles. The van der Waals surface area contributed by atoms with Gasteiger partial charge in [0.2, 0.25) is 0 Å². The molecule has 2 aromatic rings. The van der Waals surface area contributed by atoms with Crippen LogP contribution < -0.4 is 0 Å². The molecule has 1 unspecified atom stereocenters. The molecule has 78 valence electrons. The molecule has 0 spiro atoms. The Balaban J connectivity index is 0.00000112. The Bertz CT molecular complexity index is 346. The predicted molar refractivity (Wildman–Crippen MR) is 64.4 cm³/mol. The van der Waals surface area contributed by atoms with Crippen LogP contribution in [0, 0.1) is 0 Å². The van der Waals surface area contributed by atoms with Crippen molar-refractivity contribution < 1.29 is 19.8 Å². The summed E-state index contributed by atoms with van der Waals surface area (Å²) in [6.07, 6.45) is 0. The second-order valence-electron chi connectivity index (χ2n) is 3.30. The maximum atomic E-state index is 2.89. The minimum Gasteiger partial charge on any atom is -0.125 e. The van der Waals surface area contributed by atoms with Crippen LogP contribution in [0.5, 0.6) is 0 Å². The molecule has 0 nitrogen and oxygen atoms in total. The average Bonchev–Trinajstić information content (AvgIpc) is 2.30. The molecule has 2 aromatic carbocycles. The van der Waals surface area contributed by atoms with Gasteiger partial charge in [-0.05, 0) is 11.1 Å². The van der Waals surface area contributed by atoms with Gasteiger partial charge in [0.05, 0.1) is 0 Å². The monoisotopic (exact) mass is 392 g/mol. The standard InChI is InChI=1S/C13H13P.Os/c14-13(11-7-3-1-4-8-11)12-9-5-2-6-10-12;/h1-10,13H,14H2;. The molecule has 0 amide bonds. The summed E-state index contributed by atoms with van der Waals surface area (Å²) >= 11 is 0. The van der Waals surface area contributed by atoms with E-state index in [0.29, 0.717) is 5.66 Å². The van der Waals surface area contributed by atoms with Gasteiger partial charge >= 0.3 is 0 Å². The Morgan fingerprint density at radius 3 is 1.33 bits per heavy atom. The minimum atomic E-state index is 0. The first kappa shape index (κ1) is 12.6. The third-order valence-corrected chi connectivity index (χ3v) is 3.09. The predicted octanol–water partition coefficient (Wildman–Crippen LogP) is 3.65. The molecule has 0 bridgehead atoms. The van der Waals surface area contributed by atoms with Gasteiger partial charge in [-0.25, -0.2) is 0 Å². The molecule has 0 fully saturated rings. The largest absolute Gasteiger partial charge is 0.125 e. The number of hydrogen-bond donors (Lipinski definition) is 0. The van der Waals surface area contributed by atoms with Gasteiger partial charge in [-0.2, -0.15) is 0 Å². The SMILES string of the molecule is PC(c1ccccc1)c1ccccc1.[Os]. The van der Waals surface area contributed by atoms with Crippen molar-refractivity contribution in [3.05, 3.63) is 71.8 Å². The average molecular weight is 390 g/mol. The third-order valence-electron chi connectivity index (χ3n) is 2.32. The Hall–Kier alpha value is -0.494. The molecule has 0 aliphatic heterocycles. The molecule has 0 heterocycles.